The zero-order valence-electron chi connectivity index (χ0n) is 11.8. The maximum atomic E-state index is 10.1. The van der Waals surface area contributed by atoms with Crippen molar-refractivity contribution in [2.45, 2.75) is 58.5 Å². The fourth-order valence-electron chi connectivity index (χ4n) is 2.08. The molecule has 1 unspecified atom stereocenters. The van der Waals surface area contributed by atoms with Crippen molar-refractivity contribution < 1.29 is 5.11 Å². The Morgan fingerprint density at radius 1 is 1.11 bits per heavy atom. The van der Waals surface area contributed by atoms with Gasteiger partial charge in [-0.1, -0.05) is 75.4 Å². The van der Waals surface area contributed by atoms with Gasteiger partial charge in [0, 0.05) is 0 Å². The van der Waals surface area contributed by atoms with Gasteiger partial charge in [0.2, 0.25) is 0 Å². The van der Waals surface area contributed by atoms with Gasteiger partial charge >= 0.3 is 0 Å². The average molecular weight is 246 g/mol. The molecule has 100 valence electrons. The highest BCUT2D eigenvalue weighted by molar-refractivity contribution is 5.66. The van der Waals surface area contributed by atoms with E-state index in [0.717, 1.165) is 24.0 Å². The molecule has 0 aliphatic heterocycles. The van der Waals surface area contributed by atoms with Gasteiger partial charge in [-0.25, -0.2) is 0 Å². The molecular formula is C17H26O. The van der Waals surface area contributed by atoms with Crippen molar-refractivity contribution in [1.29, 1.82) is 0 Å². The predicted molar refractivity (Wildman–Crippen MR) is 79.6 cm³/mol. The van der Waals surface area contributed by atoms with Crippen molar-refractivity contribution in [3.05, 3.63) is 42.0 Å². The van der Waals surface area contributed by atoms with E-state index in [9.17, 15) is 5.11 Å². The lowest BCUT2D eigenvalue weighted by Crippen LogP contribution is -2.08. The number of aliphatic hydroxyl groups is 1. The van der Waals surface area contributed by atoms with Crippen molar-refractivity contribution in [3.63, 3.8) is 0 Å². The van der Waals surface area contributed by atoms with Crippen molar-refractivity contribution in [2.24, 2.45) is 0 Å². The Kier molecular flexibility index (Phi) is 6.74. The van der Waals surface area contributed by atoms with Crippen molar-refractivity contribution in [2.75, 3.05) is 0 Å². The SMILES string of the molecule is C=C(c1ccc(C)cc1)C(O)CCCCCCC. The third-order valence-electron chi connectivity index (χ3n) is 3.41. The van der Waals surface area contributed by atoms with E-state index in [2.05, 4.69) is 32.6 Å². The molecule has 0 bridgehead atoms. The summed E-state index contributed by atoms with van der Waals surface area (Å²) in [6, 6.07) is 8.21. The van der Waals surface area contributed by atoms with E-state index in [0.29, 0.717) is 0 Å². The zero-order valence-corrected chi connectivity index (χ0v) is 11.8. The molecule has 0 aliphatic rings. The van der Waals surface area contributed by atoms with E-state index in [4.69, 9.17) is 0 Å². The first kappa shape index (κ1) is 15.0. The summed E-state index contributed by atoms with van der Waals surface area (Å²) in [5.41, 5.74) is 3.15. The summed E-state index contributed by atoms with van der Waals surface area (Å²) in [5, 5.41) is 10.1. The van der Waals surface area contributed by atoms with Crippen LogP contribution in [0.3, 0.4) is 0 Å². The largest absolute Gasteiger partial charge is 0.388 e. The molecular weight excluding hydrogens is 220 g/mol. The van der Waals surface area contributed by atoms with Gasteiger partial charge in [0.1, 0.15) is 0 Å². The normalized spacial score (nSPS) is 12.4. The molecule has 0 radical (unpaired) electrons. The Morgan fingerprint density at radius 2 is 1.72 bits per heavy atom. The molecule has 18 heavy (non-hydrogen) atoms. The smallest absolute Gasteiger partial charge is 0.0790 e. The van der Waals surface area contributed by atoms with Crippen molar-refractivity contribution >= 4 is 5.57 Å². The lowest BCUT2D eigenvalue weighted by atomic mass is 9.97. The molecule has 1 aromatic rings. The van der Waals surface area contributed by atoms with Gasteiger partial charge in [-0.2, -0.15) is 0 Å². The lowest BCUT2D eigenvalue weighted by Gasteiger charge is -2.14. The van der Waals surface area contributed by atoms with Crippen LogP contribution in [0.1, 0.15) is 56.6 Å². The first-order chi connectivity index (χ1) is 8.65. The van der Waals surface area contributed by atoms with Crippen molar-refractivity contribution in [1.82, 2.24) is 0 Å². The molecule has 0 saturated carbocycles. The van der Waals surface area contributed by atoms with Crippen LogP contribution in [0.25, 0.3) is 5.57 Å². The minimum absolute atomic E-state index is 0.394. The number of hydrogen-bond acceptors (Lipinski definition) is 1. The first-order valence-electron chi connectivity index (χ1n) is 7.09. The van der Waals surface area contributed by atoms with Gasteiger partial charge in [-0.15, -0.1) is 0 Å². The molecule has 0 amide bonds. The van der Waals surface area contributed by atoms with Crippen molar-refractivity contribution in [3.8, 4) is 0 Å². The third-order valence-corrected chi connectivity index (χ3v) is 3.41. The van der Waals surface area contributed by atoms with E-state index in [1.807, 2.05) is 12.1 Å². The highest BCUT2D eigenvalue weighted by Crippen LogP contribution is 2.21. The average Bonchev–Trinajstić information content (AvgIpc) is 2.38. The van der Waals surface area contributed by atoms with Crippen LogP contribution >= 0.6 is 0 Å². The number of aryl methyl sites for hydroxylation is 1. The first-order valence-corrected chi connectivity index (χ1v) is 7.09. The third kappa shape index (κ3) is 5.05. The molecule has 0 aliphatic carbocycles. The number of hydrogen-bond donors (Lipinski definition) is 1. The summed E-state index contributed by atoms with van der Waals surface area (Å²) in [7, 11) is 0. The predicted octanol–water partition coefficient (Wildman–Crippen LogP) is 4.73. The molecule has 0 saturated heterocycles. The van der Waals surface area contributed by atoms with Crippen LogP contribution in [-0.2, 0) is 0 Å². The summed E-state index contributed by atoms with van der Waals surface area (Å²) in [6.07, 6.45) is 6.58. The summed E-state index contributed by atoms with van der Waals surface area (Å²) in [6.45, 7) is 8.30. The van der Waals surface area contributed by atoms with Gasteiger partial charge in [0.25, 0.3) is 0 Å². The second-order valence-electron chi connectivity index (χ2n) is 5.11. The van der Waals surface area contributed by atoms with Gasteiger partial charge < -0.3 is 5.11 Å². The molecule has 0 fully saturated rings. The van der Waals surface area contributed by atoms with Gasteiger partial charge in [-0.05, 0) is 24.5 Å². The zero-order chi connectivity index (χ0) is 13.4. The molecule has 0 heterocycles. The molecule has 0 aromatic heterocycles. The van der Waals surface area contributed by atoms with Crippen LogP contribution in [-0.4, -0.2) is 11.2 Å². The Labute approximate surface area is 112 Å². The second-order valence-corrected chi connectivity index (χ2v) is 5.11. The number of aliphatic hydroxyl groups excluding tert-OH is 1. The Balaban J connectivity index is 2.34. The minimum atomic E-state index is -0.394. The molecule has 1 aromatic carbocycles. The fourth-order valence-corrected chi connectivity index (χ4v) is 2.08. The van der Waals surface area contributed by atoms with Crippen LogP contribution in [0, 0.1) is 6.92 Å². The maximum Gasteiger partial charge on any atom is 0.0790 e. The summed E-state index contributed by atoms with van der Waals surface area (Å²) >= 11 is 0. The lowest BCUT2D eigenvalue weighted by molar-refractivity contribution is 0.217. The van der Waals surface area contributed by atoms with Gasteiger partial charge in [0.15, 0.2) is 0 Å². The fraction of sp³-hybridized carbons (Fsp3) is 0.529. The summed E-state index contributed by atoms with van der Waals surface area (Å²) in [5.74, 6) is 0. The number of unbranched alkanes of at least 4 members (excludes halogenated alkanes) is 4. The molecule has 1 rings (SSSR count). The molecule has 1 N–H and O–H groups in total. The Morgan fingerprint density at radius 3 is 2.33 bits per heavy atom. The molecule has 0 spiro atoms. The maximum absolute atomic E-state index is 10.1. The van der Waals surface area contributed by atoms with Crippen LogP contribution < -0.4 is 0 Å². The number of benzene rings is 1. The van der Waals surface area contributed by atoms with Crippen LogP contribution in [0.4, 0.5) is 0 Å². The summed E-state index contributed by atoms with van der Waals surface area (Å²) < 4.78 is 0. The monoisotopic (exact) mass is 246 g/mol. The van der Waals surface area contributed by atoms with Gasteiger partial charge in [0.05, 0.1) is 6.10 Å². The summed E-state index contributed by atoms with van der Waals surface area (Å²) in [4.78, 5) is 0. The van der Waals surface area contributed by atoms with E-state index < -0.39 is 6.10 Å². The Bertz CT molecular complexity index is 350. The highest BCUT2D eigenvalue weighted by atomic mass is 16.3. The minimum Gasteiger partial charge on any atom is -0.388 e. The Hall–Kier alpha value is -1.08. The standard InChI is InChI=1S/C17H26O/c1-4-5-6-7-8-9-17(18)15(3)16-12-10-14(2)11-13-16/h10-13,17-18H,3-9H2,1-2H3. The van der Waals surface area contributed by atoms with E-state index in [1.54, 1.807) is 0 Å². The molecule has 1 heteroatoms. The molecule has 1 nitrogen and oxygen atoms in total. The topological polar surface area (TPSA) is 20.2 Å². The van der Waals surface area contributed by atoms with E-state index in [-0.39, 0.29) is 0 Å². The second kappa shape index (κ2) is 8.10. The van der Waals surface area contributed by atoms with E-state index >= 15 is 0 Å². The highest BCUT2D eigenvalue weighted by Gasteiger charge is 2.10. The quantitative estimate of drug-likeness (QED) is 0.657. The molecule has 1 atom stereocenters. The number of rotatable bonds is 8. The van der Waals surface area contributed by atoms with Crippen LogP contribution in [0.15, 0.2) is 30.8 Å². The van der Waals surface area contributed by atoms with Crippen LogP contribution in [0.2, 0.25) is 0 Å². The van der Waals surface area contributed by atoms with E-state index in [1.165, 1.54) is 31.2 Å². The van der Waals surface area contributed by atoms with Gasteiger partial charge in [-0.3, -0.25) is 0 Å². The van der Waals surface area contributed by atoms with Crippen LogP contribution in [0.5, 0.6) is 0 Å².